The minimum atomic E-state index is -0.0950. The maximum atomic E-state index is 12.4. The SMILES string of the molecule is CCCC(=O)N1CCCCC1c1nc(-c2ccc(CN)cc2)no1. The van der Waals surface area contributed by atoms with Gasteiger partial charge in [0, 0.05) is 25.1 Å². The van der Waals surface area contributed by atoms with Crippen LogP contribution < -0.4 is 5.73 Å². The number of carbonyl (C=O) groups is 1. The van der Waals surface area contributed by atoms with Gasteiger partial charge in [0.15, 0.2) is 0 Å². The summed E-state index contributed by atoms with van der Waals surface area (Å²) in [7, 11) is 0. The first kappa shape index (κ1) is 16.6. The molecule has 1 aromatic carbocycles. The lowest BCUT2D eigenvalue weighted by Gasteiger charge is -2.33. The van der Waals surface area contributed by atoms with E-state index in [0.29, 0.717) is 24.7 Å². The van der Waals surface area contributed by atoms with Crippen LogP contribution in [0.25, 0.3) is 11.4 Å². The van der Waals surface area contributed by atoms with Crippen molar-refractivity contribution < 1.29 is 9.32 Å². The molecule has 0 saturated carbocycles. The van der Waals surface area contributed by atoms with E-state index in [2.05, 4.69) is 10.1 Å². The zero-order valence-electron chi connectivity index (χ0n) is 14.1. The Labute approximate surface area is 142 Å². The molecule has 3 rings (SSSR count). The number of nitrogens with zero attached hydrogens (tertiary/aromatic N) is 3. The predicted octanol–water partition coefficient (Wildman–Crippen LogP) is 3.05. The summed E-state index contributed by atoms with van der Waals surface area (Å²) >= 11 is 0. The molecule has 1 aromatic heterocycles. The first-order valence-electron chi connectivity index (χ1n) is 8.65. The van der Waals surface area contributed by atoms with Crippen molar-refractivity contribution in [3.05, 3.63) is 35.7 Å². The Kier molecular flexibility index (Phi) is 5.25. The van der Waals surface area contributed by atoms with Crippen molar-refractivity contribution >= 4 is 5.91 Å². The minimum Gasteiger partial charge on any atom is -0.337 e. The lowest BCUT2D eigenvalue weighted by Crippen LogP contribution is -2.38. The molecule has 6 nitrogen and oxygen atoms in total. The summed E-state index contributed by atoms with van der Waals surface area (Å²) in [6.07, 6.45) is 4.41. The molecule has 0 spiro atoms. The van der Waals surface area contributed by atoms with Gasteiger partial charge in [-0.05, 0) is 31.2 Å². The first-order chi connectivity index (χ1) is 11.7. The molecule has 0 radical (unpaired) electrons. The van der Waals surface area contributed by atoms with Crippen LogP contribution in [0.3, 0.4) is 0 Å². The molecule has 0 bridgehead atoms. The molecule has 6 heteroatoms. The standard InChI is InChI=1S/C18H24N4O2/c1-2-5-16(23)22-11-4-3-6-15(22)18-20-17(21-24-18)14-9-7-13(12-19)8-10-14/h7-10,15H,2-6,11-12,19H2,1H3. The molecule has 1 unspecified atom stereocenters. The highest BCUT2D eigenvalue weighted by Crippen LogP contribution is 2.31. The number of amides is 1. The molecule has 1 aliphatic heterocycles. The number of benzene rings is 1. The zero-order chi connectivity index (χ0) is 16.9. The summed E-state index contributed by atoms with van der Waals surface area (Å²) in [5.41, 5.74) is 7.58. The number of aromatic nitrogens is 2. The molecule has 1 atom stereocenters. The van der Waals surface area contributed by atoms with E-state index in [1.54, 1.807) is 0 Å². The average molecular weight is 328 g/mol. The second-order valence-electron chi connectivity index (χ2n) is 6.21. The van der Waals surface area contributed by atoms with Gasteiger partial charge in [-0.2, -0.15) is 4.98 Å². The number of rotatable bonds is 5. The number of likely N-dealkylation sites (tertiary alicyclic amines) is 1. The molecular formula is C18H24N4O2. The van der Waals surface area contributed by atoms with E-state index in [4.69, 9.17) is 10.3 Å². The lowest BCUT2D eigenvalue weighted by atomic mass is 10.0. The Morgan fingerprint density at radius 2 is 2.12 bits per heavy atom. The number of hydrogen-bond acceptors (Lipinski definition) is 5. The van der Waals surface area contributed by atoms with Crippen molar-refractivity contribution in [1.82, 2.24) is 15.0 Å². The van der Waals surface area contributed by atoms with Crippen LogP contribution in [0.4, 0.5) is 0 Å². The highest BCUT2D eigenvalue weighted by atomic mass is 16.5. The summed E-state index contributed by atoms with van der Waals surface area (Å²) < 4.78 is 5.49. The second kappa shape index (κ2) is 7.57. The highest BCUT2D eigenvalue weighted by molar-refractivity contribution is 5.76. The predicted molar refractivity (Wildman–Crippen MR) is 90.8 cm³/mol. The Bertz CT molecular complexity index is 681. The van der Waals surface area contributed by atoms with Gasteiger partial charge in [-0.25, -0.2) is 0 Å². The average Bonchev–Trinajstić information content (AvgIpc) is 3.12. The quantitative estimate of drug-likeness (QED) is 0.911. The molecule has 128 valence electrons. The molecule has 1 aliphatic rings. The summed E-state index contributed by atoms with van der Waals surface area (Å²) in [5.74, 6) is 1.27. The van der Waals surface area contributed by atoms with Crippen molar-refractivity contribution in [3.8, 4) is 11.4 Å². The molecule has 1 fully saturated rings. The van der Waals surface area contributed by atoms with Crippen LogP contribution in [-0.4, -0.2) is 27.5 Å². The maximum Gasteiger partial charge on any atom is 0.249 e. The van der Waals surface area contributed by atoms with Gasteiger partial charge in [-0.15, -0.1) is 0 Å². The fourth-order valence-electron chi connectivity index (χ4n) is 3.12. The molecule has 0 aliphatic carbocycles. The van der Waals surface area contributed by atoms with Crippen LogP contribution in [0.2, 0.25) is 0 Å². The smallest absolute Gasteiger partial charge is 0.249 e. The topological polar surface area (TPSA) is 85.2 Å². The van der Waals surface area contributed by atoms with Crippen LogP contribution in [0.1, 0.15) is 56.5 Å². The van der Waals surface area contributed by atoms with E-state index in [-0.39, 0.29) is 11.9 Å². The summed E-state index contributed by atoms with van der Waals surface area (Å²) in [6.45, 7) is 3.30. The normalized spacial score (nSPS) is 17.9. The third-order valence-electron chi connectivity index (χ3n) is 4.46. The number of piperidine rings is 1. The van der Waals surface area contributed by atoms with E-state index >= 15 is 0 Å². The summed E-state index contributed by atoms with van der Waals surface area (Å²) in [4.78, 5) is 18.8. The van der Waals surface area contributed by atoms with Crippen molar-refractivity contribution in [3.63, 3.8) is 0 Å². The Morgan fingerprint density at radius 1 is 1.33 bits per heavy atom. The fourth-order valence-corrected chi connectivity index (χ4v) is 3.12. The first-order valence-corrected chi connectivity index (χ1v) is 8.65. The van der Waals surface area contributed by atoms with E-state index in [1.165, 1.54) is 0 Å². The molecular weight excluding hydrogens is 304 g/mol. The third kappa shape index (κ3) is 3.48. The van der Waals surface area contributed by atoms with Crippen LogP contribution in [0, 0.1) is 0 Å². The fraction of sp³-hybridized carbons (Fsp3) is 0.500. The van der Waals surface area contributed by atoms with Crippen LogP contribution >= 0.6 is 0 Å². The van der Waals surface area contributed by atoms with E-state index in [1.807, 2.05) is 36.1 Å². The van der Waals surface area contributed by atoms with Gasteiger partial charge in [0.1, 0.15) is 6.04 Å². The Morgan fingerprint density at radius 3 is 2.83 bits per heavy atom. The Balaban J connectivity index is 1.80. The monoisotopic (exact) mass is 328 g/mol. The van der Waals surface area contributed by atoms with Gasteiger partial charge in [-0.1, -0.05) is 36.3 Å². The van der Waals surface area contributed by atoms with E-state index in [9.17, 15) is 4.79 Å². The second-order valence-corrected chi connectivity index (χ2v) is 6.21. The van der Waals surface area contributed by atoms with Gasteiger partial charge in [-0.3, -0.25) is 4.79 Å². The van der Waals surface area contributed by atoms with Crippen LogP contribution in [-0.2, 0) is 11.3 Å². The molecule has 1 saturated heterocycles. The van der Waals surface area contributed by atoms with Crippen molar-refractivity contribution in [2.24, 2.45) is 5.73 Å². The molecule has 2 aromatic rings. The summed E-state index contributed by atoms with van der Waals surface area (Å²) in [5, 5.41) is 4.10. The Hall–Kier alpha value is -2.21. The van der Waals surface area contributed by atoms with Crippen LogP contribution in [0.5, 0.6) is 0 Å². The van der Waals surface area contributed by atoms with Crippen molar-refractivity contribution in [1.29, 1.82) is 0 Å². The largest absolute Gasteiger partial charge is 0.337 e. The van der Waals surface area contributed by atoms with Gasteiger partial charge in [0.2, 0.25) is 17.6 Å². The van der Waals surface area contributed by atoms with Crippen LogP contribution in [0.15, 0.2) is 28.8 Å². The number of carbonyl (C=O) groups excluding carboxylic acids is 1. The van der Waals surface area contributed by atoms with Gasteiger partial charge in [0.25, 0.3) is 0 Å². The van der Waals surface area contributed by atoms with Crippen molar-refractivity contribution in [2.45, 2.75) is 51.6 Å². The van der Waals surface area contributed by atoms with E-state index in [0.717, 1.165) is 43.4 Å². The minimum absolute atomic E-state index is 0.0950. The maximum absolute atomic E-state index is 12.4. The number of hydrogen-bond donors (Lipinski definition) is 1. The van der Waals surface area contributed by atoms with E-state index < -0.39 is 0 Å². The van der Waals surface area contributed by atoms with Gasteiger partial charge in [0.05, 0.1) is 0 Å². The molecule has 1 amide bonds. The number of nitrogens with two attached hydrogens (primary N) is 1. The van der Waals surface area contributed by atoms with Gasteiger partial charge < -0.3 is 15.2 Å². The van der Waals surface area contributed by atoms with Gasteiger partial charge >= 0.3 is 0 Å². The third-order valence-corrected chi connectivity index (χ3v) is 4.46. The molecule has 24 heavy (non-hydrogen) atoms. The zero-order valence-corrected chi connectivity index (χ0v) is 14.1. The molecule has 2 N–H and O–H groups in total. The molecule has 2 heterocycles. The summed E-state index contributed by atoms with van der Waals surface area (Å²) in [6, 6.07) is 7.71. The van der Waals surface area contributed by atoms with Crippen molar-refractivity contribution in [2.75, 3.05) is 6.54 Å². The highest BCUT2D eigenvalue weighted by Gasteiger charge is 2.31. The lowest BCUT2D eigenvalue weighted by molar-refractivity contribution is -0.135.